The average Bonchev–Trinajstić information content (AvgIpc) is 2.95. The number of hydrogen-bond donors (Lipinski definition) is 2. The van der Waals surface area contributed by atoms with Gasteiger partial charge in [-0.1, -0.05) is 18.2 Å². The van der Waals surface area contributed by atoms with E-state index >= 15 is 0 Å². The molecule has 2 rings (SSSR count). The number of carbonyl (C=O) groups is 3. The summed E-state index contributed by atoms with van der Waals surface area (Å²) >= 11 is 0. The maximum absolute atomic E-state index is 12.6. The Balaban J connectivity index is 2.14. The highest BCUT2D eigenvalue weighted by molar-refractivity contribution is 5.90. The first-order chi connectivity index (χ1) is 14.0. The maximum atomic E-state index is 12.6. The molecule has 0 aliphatic rings. The standard InChI is InChI=1S/C22H31N3O5/c1-7-29-20(27)17(12-15-13-25(6)18-11-9-8-10-16(15)18)24-19(26)14(2)23-21(28)30-22(3,4)5/h8-11,13-14,17H,7,12H2,1-6H3,(H,23,28)(H,24,26)/t14-,17+/m0/s1. The van der Waals surface area contributed by atoms with Crippen LogP contribution in [0, 0.1) is 0 Å². The van der Waals surface area contributed by atoms with E-state index in [4.69, 9.17) is 9.47 Å². The normalized spacial score (nSPS) is 13.4. The lowest BCUT2D eigenvalue weighted by Gasteiger charge is -2.23. The van der Waals surface area contributed by atoms with Gasteiger partial charge in [-0.3, -0.25) is 4.79 Å². The summed E-state index contributed by atoms with van der Waals surface area (Å²) in [5.74, 6) is -1.03. The number of benzene rings is 1. The molecular weight excluding hydrogens is 386 g/mol. The minimum atomic E-state index is -0.885. The molecule has 0 saturated heterocycles. The lowest BCUT2D eigenvalue weighted by molar-refractivity contribution is -0.147. The van der Waals surface area contributed by atoms with Gasteiger partial charge in [0.1, 0.15) is 17.7 Å². The van der Waals surface area contributed by atoms with Crippen LogP contribution in [0.15, 0.2) is 30.5 Å². The summed E-state index contributed by atoms with van der Waals surface area (Å²) in [7, 11) is 1.93. The van der Waals surface area contributed by atoms with E-state index < -0.39 is 35.7 Å². The highest BCUT2D eigenvalue weighted by Crippen LogP contribution is 2.22. The van der Waals surface area contributed by atoms with Gasteiger partial charge >= 0.3 is 12.1 Å². The maximum Gasteiger partial charge on any atom is 0.408 e. The first-order valence-corrected chi connectivity index (χ1v) is 10.0. The molecule has 0 aliphatic carbocycles. The zero-order chi connectivity index (χ0) is 22.5. The van der Waals surface area contributed by atoms with Crippen LogP contribution >= 0.6 is 0 Å². The van der Waals surface area contributed by atoms with Crippen molar-refractivity contribution in [3.8, 4) is 0 Å². The molecule has 8 nitrogen and oxygen atoms in total. The van der Waals surface area contributed by atoms with Crippen LogP contribution in [0.3, 0.4) is 0 Å². The Kier molecular flexibility index (Phi) is 7.48. The zero-order valence-electron chi connectivity index (χ0n) is 18.4. The lowest BCUT2D eigenvalue weighted by Crippen LogP contribution is -2.52. The number of aryl methyl sites for hydroxylation is 1. The molecule has 0 saturated carbocycles. The molecule has 8 heteroatoms. The fourth-order valence-electron chi connectivity index (χ4n) is 3.09. The van der Waals surface area contributed by atoms with Crippen molar-refractivity contribution in [2.45, 2.75) is 58.7 Å². The number of alkyl carbamates (subject to hydrolysis) is 1. The van der Waals surface area contributed by atoms with Crippen LogP contribution in [-0.4, -0.2) is 46.8 Å². The van der Waals surface area contributed by atoms with Crippen LogP contribution in [-0.2, 0) is 32.5 Å². The number of esters is 1. The van der Waals surface area contributed by atoms with E-state index in [1.54, 1.807) is 27.7 Å². The molecule has 2 aromatic rings. The van der Waals surface area contributed by atoms with E-state index in [-0.39, 0.29) is 13.0 Å². The summed E-state index contributed by atoms with van der Waals surface area (Å²) in [6.45, 7) is 8.64. The second-order valence-corrected chi connectivity index (χ2v) is 8.17. The minimum absolute atomic E-state index is 0.201. The third kappa shape index (κ3) is 6.23. The van der Waals surface area contributed by atoms with Gasteiger partial charge in [-0.15, -0.1) is 0 Å². The van der Waals surface area contributed by atoms with Crippen LogP contribution in [0.25, 0.3) is 10.9 Å². The number of para-hydroxylation sites is 1. The molecule has 30 heavy (non-hydrogen) atoms. The highest BCUT2D eigenvalue weighted by atomic mass is 16.6. The van der Waals surface area contributed by atoms with Gasteiger partial charge in [-0.05, 0) is 46.2 Å². The molecule has 0 spiro atoms. The van der Waals surface area contributed by atoms with E-state index in [0.717, 1.165) is 16.5 Å². The quantitative estimate of drug-likeness (QED) is 0.675. The van der Waals surface area contributed by atoms with Crippen molar-refractivity contribution in [2.75, 3.05) is 6.61 Å². The van der Waals surface area contributed by atoms with Crippen LogP contribution < -0.4 is 10.6 Å². The highest BCUT2D eigenvalue weighted by Gasteiger charge is 2.27. The average molecular weight is 418 g/mol. The molecule has 0 fully saturated rings. The summed E-state index contributed by atoms with van der Waals surface area (Å²) in [6.07, 6.45) is 1.50. The fraction of sp³-hybridized carbons (Fsp3) is 0.500. The largest absolute Gasteiger partial charge is 0.464 e. The van der Waals surface area contributed by atoms with Crippen molar-refractivity contribution in [2.24, 2.45) is 7.05 Å². The van der Waals surface area contributed by atoms with Gasteiger partial charge < -0.3 is 24.7 Å². The number of fused-ring (bicyclic) bond motifs is 1. The van der Waals surface area contributed by atoms with Crippen molar-refractivity contribution in [3.63, 3.8) is 0 Å². The number of amides is 2. The Morgan fingerprint density at radius 2 is 1.80 bits per heavy atom. The van der Waals surface area contributed by atoms with Gasteiger partial charge in [0.15, 0.2) is 0 Å². The number of nitrogens with zero attached hydrogens (tertiary/aromatic N) is 1. The van der Waals surface area contributed by atoms with Crippen molar-refractivity contribution in [1.82, 2.24) is 15.2 Å². The molecular formula is C22H31N3O5. The lowest BCUT2D eigenvalue weighted by atomic mass is 10.0. The zero-order valence-corrected chi connectivity index (χ0v) is 18.4. The number of ether oxygens (including phenoxy) is 2. The summed E-state index contributed by atoms with van der Waals surface area (Å²) in [5, 5.41) is 6.18. The molecule has 164 valence electrons. The van der Waals surface area contributed by atoms with E-state index in [1.165, 1.54) is 6.92 Å². The van der Waals surface area contributed by atoms with Gasteiger partial charge in [0.25, 0.3) is 0 Å². The van der Waals surface area contributed by atoms with Crippen LogP contribution in [0.2, 0.25) is 0 Å². The van der Waals surface area contributed by atoms with Crippen molar-refractivity contribution in [3.05, 3.63) is 36.0 Å². The van der Waals surface area contributed by atoms with E-state index in [2.05, 4.69) is 10.6 Å². The molecule has 2 N–H and O–H groups in total. The van der Waals surface area contributed by atoms with E-state index in [9.17, 15) is 14.4 Å². The van der Waals surface area contributed by atoms with Gasteiger partial charge in [0.2, 0.25) is 5.91 Å². The van der Waals surface area contributed by atoms with Crippen molar-refractivity contribution < 1.29 is 23.9 Å². The molecule has 1 heterocycles. The second kappa shape index (κ2) is 9.65. The summed E-state index contributed by atoms with van der Waals surface area (Å²) in [5.41, 5.74) is 1.27. The second-order valence-electron chi connectivity index (χ2n) is 8.17. The molecule has 0 bridgehead atoms. The summed E-state index contributed by atoms with van der Waals surface area (Å²) in [6, 6.07) is 6.07. The molecule has 1 aromatic heterocycles. The van der Waals surface area contributed by atoms with Gasteiger partial charge in [0.05, 0.1) is 6.61 Å². The summed E-state index contributed by atoms with van der Waals surface area (Å²) in [4.78, 5) is 37.1. The monoisotopic (exact) mass is 417 g/mol. The van der Waals surface area contributed by atoms with Crippen LogP contribution in [0.4, 0.5) is 4.79 Å². The Bertz CT molecular complexity index is 913. The van der Waals surface area contributed by atoms with Crippen molar-refractivity contribution in [1.29, 1.82) is 0 Å². The van der Waals surface area contributed by atoms with Gasteiger partial charge in [-0.25, -0.2) is 9.59 Å². The first kappa shape index (κ1) is 23.3. The summed E-state index contributed by atoms with van der Waals surface area (Å²) < 4.78 is 12.3. The first-order valence-electron chi connectivity index (χ1n) is 10.0. The predicted molar refractivity (Wildman–Crippen MR) is 114 cm³/mol. The Hall–Kier alpha value is -3.03. The number of rotatable bonds is 7. The Morgan fingerprint density at radius 3 is 2.43 bits per heavy atom. The Morgan fingerprint density at radius 1 is 1.13 bits per heavy atom. The molecule has 2 amide bonds. The fourth-order valence-corrected chi connectivity index (χ4v) is 3.09. The number of carbonyl (C=O) groups excluding carboxylic acids is 3. The number of hydrogen-bond acceptors (Lipinski definition) is 5. The molecule has 1 aromatic carbocycles. The molecule has 0 aliphatic heterocycles. The third-order valence-electron chi connectivity index (χ3n) is 4.42. The third-order valence-corrected chi connectivity index (χ3v) is 4.42. The molecule has 0 unspecified atom stereocenters. The van der Waals surface area contributed by atoms with Crippen molar-refractivity contribution >= 4 is 28.9 Å². The molecule has 2 atom stereocenters. The van der Waals surface area contributed by atoms with Crippen LogP contribution in [0.5, 0.6) is 0 Å². The predicted octanol–water partition coefficient (Wildman–Crippen LogP) is 2.68. The Labute approximate surface area is 176 Å². The van der Waals surface area contributed by atoms with Gasteiger partial charge in [0, 0.05) is 30.6 Å². The smallest absolute Gasteiger partial charge is 0.408 e. The number of aromatic nitrogens is 1. The van der Waals surface area contributed by atoms with E-state index in [1.807, 2.05) is 42.1 Å². The minimum Gasteiger partial charge on any atom is -0.464 e. The van der Waals surface area contributed by atoms with E-state index in [0.29, 0.717) is 0 Å². The number of nitrogens with one attached hydrogen (secondary N) is 2. The molecule has 0 radical (unpaired) electrons. The SMILES string of the molecule is CCOC(=O)[C@@H](Cc1cn(C)c2ccccc12)NC(=O)[C@H](C)NC(=O)OC(C)(C)C. The topological polar surface area (TPSA) is 98.7 Å². The van der Waals surface area contributed by atoms with Gasteiger partial charge in [-0.2, -0.15) is 0 Å². The van der Waals surface area contributed by atoms with Crippen LogP contribution in [0.1, 0.15) is 40.2 Å².